The fourth-order valence-corrected chi connectivity index (χ4v) is 4.21. The van der Waals surface area contributed by atoms with E-state index in [-0.39, 0.29) is 12.5 Å². The van der Waals surface area contributed by atoms with Crippen LogP contribution in [0.3, 0.4) is 0 Å². The summed E-state index contributed by atoms with van der Waals surface area (Å²) in [7, 11) is 0. The van der Waals surface area contributed by atoms with E-state index < -0.39 is 17.9 Å². The van der Waals surface area contributed by atoms with Crippen molar-refractivity contribution in [2.45, 2.75) is 19.5 Å². The van der Waals surface area contributed by atoms with Gasteiger partial charge in [-0.3, -0.25) is 19.8 Å². The zero-order chi connectivity index (χ0) is 22.5. The third kappa shape index (κ3) is 5.11. The molecule has 8 heteroatoms. The molecule has 2 aromatic carbocycles. The first kappa shape index (κ1) is 22.3. The van der Waals surface area contributed by atoms with Gasteiger partial charge in [-0.2, -0.15) is 0 Å². The molecule has 2 aromatic rings. The molecule has 0 saturated carbocycles. The summed E-state index contributed by atoms with van der Waals surface area (Å²) in [5.41, 5.74) is 2.03. The summed E-state index contributed by atoms with van der Waals surface area (Å²) in [6.07, 6.45) is 0. The van der Waals surface area contributed by atoms with Crippen LogP contribution >= 0.6 is 11.6 Å². The second-order valence-electron chi connectivity index (χ2n) is 7.92. The maximum atomic E-state index is 13.0. The number of benzene rings is 2. The predicted octanol–water partition coefficient (Wildman–Crippen LogP) is 2.86. The van der Waals surface area contributed by atoms with E-state index in [1.165, 1.54) is 5.56 Å². The van der Waals surface area contributed by atoms with Crippen molar-refractivity contribution in [1.82, 2.24) is 15.1 Å². The Morgan fingerprint density at radius 1 is 1.09 bits per heavy atom. The lowest BCUT2D eigenvalue weighted by atomic mass is 9.91. The third-order valence-corrected chi connectivity index (χ3v) is 6.02. The van der Waals surface area contributed by atoms with E-state index >= 15 is 0 Å². The lowest BCUT2D eigenvalue weighted by Crippen LogP contribution is -2.57. The molecule has 2 aliphatic rings. The molecule has 168 valence electrons. The van der Waals surface area contributed by atoms with Gasteiger partial charge in [-0.15, -0.1) is 0 Å². The minimum absolute atomic E-state index is 0.204. The van der Waals surface area contributed by atoms with Crippen molar-refractivity contribution in [1.29, 1.82) is 0 Å². The maximum Gasteiger partial charge on any atom is 0.321 e. The predicted molar refractivity (Wildman–Crippen MR) is 123 cm³/mol. The van der Waals surface area contributed by atoms with E-state index in [1.807, 2.05) is 6.07 Å². The topological polar surface area (TPSA) is 74.2 Å². The molecule has 0 aromatic heterocycles. The molecular formula is C24H27ClN4O3. The number of piperazine rings is 1. The van der Waals surface area contributed by atoms with Crippen LogP contribution in [0.15, 0.2) is 59.6 Å². The lowest BCUT2D eigenvalue weighted by Gasteiger charge is -2.39. The number of carbonyl (C=O) groups excluding carboxylic acids is 2. The first-order chi connectivity index (χ1) is 15.5. The number of aliphatic imine (C=N–C) groups is 1. The van der Waals surface area contributed by atoms with Crippen LogP contribution in [-0.4, -0.2) is 60.4 Å². The molecule has 1 saturated heterocycles. The van der Waals surface area contributed by atoms with Gasteiger partial charge in [0.2, 0.25) is 11.9 Å². The summed E-state index contributed by atoms with van der Waals surface area (Å²) in [6, 6.07) is 16.8. The van der Waals surface area contributed by atoms with E-state index in [9.17, 15) is 9.59 Å². The number of rotatable bonds is 5. The monoisotopic (exact) mass is 454 g/mol. The first-order valence-electron chi connectivity index (χ1n) is 10.9. The van der Waals surface area contributed by atoms with E-state index in [2.05, 4.69) is 39.4 Å². The molecule has 7 nitrogen and oxygen atoms in total. The van der Waals surface area contributed by atoms with Crippen LogP contribution in [-0.2, 0) is 20.9 Å². The standard InChI is InChI=1S/C24H27ClN4O3/c1-2-32-23(31)20-21(18-8-10-19(25)11-9-18)26-24(27-22(20)30)29-14-12-28(13-15-29)16-17-6-4-3-5-7-17/h3-11,20-21H,2,12-16H2,1H3,(H,26,27,30)/t20-,21-/m0/s1. The van der Waals surface area contributed by atoms with Gasteiger partial charge in [-0.1, -0.05) is 54.1 Å². The fourth-order valence-electron chi connectivity index (χ4n) is 4.08. The normalized spacial score (nSPS) is 21.6. The van der Waals surface area contributed by atoms with E-state index in [4.69, 9.17) is 21.3 Å². The number of nitrogens with one attached hydrogen (secondary N) is 1. The van der Waals surface area contributed by atoms with Gasteiger partial charge in [0, 0.05) is 37.7 Å². The Kier molecular flexibility index (Phi) is 7.07. The van der Waals surface area contributed by atoms with Crippen LogP contribution in [0.5, 0.6) is 0 Å². The number of ether oxygens (including phenoxy) is 1. The molecule has 1 amide bonds. The first-order valence-corrected chi connectivity index (χ1v) is 11.2. The highest BCUT2D eigenvalue weighted by atomic mass is 35.5. The maximum absolute atomic E-state index is 13.0. The van der Waals surface area contributed by atoms with E-state index in [0.29, 0.717) is 11.0 Å². The fraction of sp³-hybridized carbons (Fsp3) is 0.375. The molecule has 0 bridgehead atoms. The van der Waals surface area contributed by atoms with Crippen LogP contribution in [0.4, 0.5) is 0 Å². The number of amides is 1. The van der Waals surface area contributed by atoms with Crippen LogP contribution < -0.4 is 5.32 Å². The van der Waals surface area contributed by atoms with E-state index in [0.717, 1.165) is 38.3 Å². The zero-order valence-corrected chi connectivity index (χ0v) is 18.8. The molecular weight excluding hydrogens is 428 g/mol. The molecule has 0 radical (unpaired) electrons. The molecule has 2 heterocycles. The highest BCUT2D eigenvalue weighted by molar-refractivity contribution is 6.30. The molecule has 32 heavy (non-hydrogen) atoms. The van der Waals surface area contributed by atoms with Gasteiger partial charge in [0.05, 0.1) is 6.61 Å². The quantitative estimate of drug-likeness (QED) is 0.555. The van der Waals surface area contributed by atoms with Gasteiger partial charge in [-0.05, 0) is 30.2 Å². The summed E-state index contributed by atoms with van der Waals surface area (Å²) in [5.74, 6) is -1.48. The zero-order valence-electron chi connectivity index (χ0n) is 18.0. The van der Waals surface area contributed by atoms with Crippen LogP contribution in [0, 0.1) is 5.92 Å². The SMILES string of the molecule is CCOC(=O)[C@@H]1C(=O)NC(N2CCN(Cc3ccccc3)CC2)=N[C@H]1c1ccc(Cl)cc1. The van der Waals surface area contributed by atoms with Crippen LogP contribution in [0.1, 0.15) is 24.1 Å². The lowest BCUT2D eigenvalue weighted by molar-refractivity contribution is -0.153. The average molecular weight is 455 g/mol. The number of hydrogen-bond acceptors (Lipinski definition) is 6. The Balaban J connectivity index is 1.51. The third-order valence-electron chi connectivity index (χ3n) is 5.77. The number of nitrogens with zero attached hydrogens (tertiary/aromatic N) is 3. The molecule has 0 unspecified atom stereocenters. The molecule has 0 spiro atoms. The van der Waals surface area contributed by atoms with Crippen molar-refractivity contribution in [2.24, 2.45) is 10.9 Å². The minimum atomic E-state index is -1.03. The molecule has 1 fully saturated rings. The molecule has 1 N–H and O–H groups in total. The summed E-state index contributed by atoms with van der Waals surface area (Å²) >= 11 is 6.03. The van der Waals surface area contributed by atoms with Gasteiger partial charge >= 0.3 is 5.97 Å². The number of hydrogen-bond donors (Lipinski definition) is 1. The van der Waals surface area contributed by atoms with Crippen LogP contribution in [0.25, 0.3) is 0 Å². The number of guanidine groups is 1. The van der Waals surface area contributed by atoms with Gasteiger partial charge in [0.15, 0.2) is 5.92 Å². The molecule has 4 rings (SSSR count). The van der Waals surface area contributed by atoms with Crippen molar-refractivity contribution >= 4 is 29.4 Å². The summed E-state index contributed by atoms with van der Waals surface area (Å²) in [4.78, 5) is 34.8. The van der Waals surface area contributed by atoms with Crippen molar-refractivity contribution in [2.75, 3.05) is 32.8 Å². The van der Waals surface area contributed by atoms with Crippen LogP contribution in [0.2, 0.25) is 5.02 Å². The van der Waals surface area contributed by atoms with E-state index in [1.54, 1.807) is 31.2 Å². The molecule has 2 aliphatic heterocycles. The van der Waals surface area contributed by atoms with Gasteiger partial charge in [-0.25, -0.2) is 4.99 Å². The minimum Gasteiger partial charge on any atom is -0.465 e. The molecule has 0 aliphatic carbocycles. The number of esters is 1. The number of carbonyl (C=O) groups is 2. The second kappa shape index (κ2) is 10.1. The van der Waals surface area contributed by atoms with Crippen molar-refractivity contribution < 1.29 is 14.3 Å². The van der Waals surface area contributed by atoms with Crippen molar-refractivity contribution in [3.8, 4) is 0 Å². The summed E-state index contributed by atoms with van der Waals surface area (Å²) < 4.78 is 5.16. The van der Waals surface area contributed by atoms with Gasteiger partial charge < -0.3 is 9.64 Å². The smallest absolute Gasteiger partial charge is 0.321 e. The van der Waals surface area contributed by atoms with Crippen molar-refractivity contribution in [3.63, 3.8) is 0 Å². The molecule has 2 atom stereocenters. The number of halogens is 1. The Labute approximate surface area is 193 Å². The van der Waals surface area contributed by atoms with Gasteiger partial charge in [0.1, 0.15) is 6.04 Å². The van der Waals surface area contributed by atoms with Gasteiger partial charge in [0.25, 0.3) is 0 Å². The second-order valence-corrected chi connectivity index (χ2v) is 8.35. The summed E-state index contributed by atoms with van der Waals surface area (Å²) in [5, 5.41) is 3.43. The largest absolute Gasteiger partial charge is 0.465 e. The Bertz CT molecular complexity index is 972. The Morgan fingerprint density at radius 3 is 2.44 bits per heavy atom. The highest BCUT2D eigenvalue weighted by Crippen LogP contribution is 2.31. The average Bonchev–Trinajstić information content (AvgIpc) is 2.80. The Hall–Kier alpha value is -2.90. The Morgan fingerprint density at radius 2 is 1.78 bits per heavy atom. The highest BCUT2D eigenvalue weighted by Gasteiger charge is 2.42. The van der Waals surface area contributed by atoms with Crippen molar-refractivity contribution in [3.05, 3.63) is 70.7 Å². The summed E-state index contributed by atoms with van der Waals surface area (Å²) in [6.45, 7) is 6.02.